The van der Waals surface area contributed by atoms with Crippen LogP contribution in [0.15, 0.2) is 30.5 Å². The van der Waals surface area contributed by atoms with Crippen LogP contribution in [0.3, 0.4) is 0 Å². The van der Waals surface area contributed by atoms with Crippen molar-refractivity contribution >= 4 is 46.4 Å². The van der Waals surface area contributed by atoms with Gasteiger partial charge in [-0.1, -0.05) is 29.3 Å². The molecule has 5 nitrogen and oxygen atoms in total. The van der Waals surface area contributed by atoms with Crippen molar-refractivity contribution in [3.05, 3.63) is 46.1 Å². The highest BCUT2D eigenvalue weighted by molar-refractivity contribution is 7.80. The second-order valence-corrected chi connectivity index (χ2v) is 6.92. The fourth-order valence-electron chi connectivity index (χ4n) is 2.10. The quantitative estimate of drug-likeness (QED) is 0.564. The third kappa shape index (κ3) is 6.28. The maximum atomic E-state index is 6.19. The first-order valence-electron chi connectivity index (χ1n) is 7.61. The van der Waals surface area contributed by atoms with Crippen LogP contribution < -0.4 is 10.6 Å². The van der Waals surface area contributed by atoms with E-state index in [-0.39, 0.29) is 0 Å². The van der Waals surface area contributed by atoms with Gasteiger partial charge in [0.2, 0.25) is 0 Å². The van der Waals surface area contributed by atoms with E-state index in [0.717, 1.165) is 25.1 Å². The van der Waals surface area contributed by atoms with Crippen molar-refractivity contribution in [2.75, 3.05) is 32.5 Å². The van der Waals surface area contributed by atoms with Gasteiger partial charge in [-0.15, -0.1) is 0 Å². The predicted molar refractivity (Wildman–Crippen MR) is 105 cm³/mol. The molecular formula is C16H21Cl2N5S. The number of halogens is 2. The van der Waals surface area contributed by atoms with Gasteiger partial charge >= 0.3 is 0 Å². The molecule has 24 heavy (non-hydrogen) atoms. The lowest BCUT2D eigenvalue weighted by molar-refractivity contribution is 0.400. The molecule has 2 rings (SSSR count). The molecule has 0 amide bonds. The number of hydrogen-bond acceptors (Lipinski definition) is 3. The maximum Gasteiger partial charge on any atom is 0.171 e. The van der Waals surface area contributed by atoms with Gasteiger partial charge in [-0.3, -0.25) is 4.68 Å². The summed E-state index contributed by atoms with van der Waals surface area (Å²) in [6.07, 6.45) is 2.90. The molecule has 0 radical (unpaired) electrons. The van der Waals surface area contributed by atoms with Gasteiger partial charge < -0.3 is 15.5 Å². The van der Waals surface area contributed by atoms with Crippen molar-refractivity contribution in [3.8, 4) is 0 Å². The van der Waals surface area contributed by atoms with Crippen LogP contribution in [0, 0.1) is 0 Å². The maximum absolute atomic E-state index is 6.19. The number of thiocarbonyl (C=S) groups is 1. The Morgan fingerprint density at radius 2 is 2.08 bits per heavy atom. The third-order valence-electron chi connectivity index (χ3n) is 3.30. The Bertz CT molecular complexity index is 687. The summed E-state index contributed by atoms with van der Waals surface area (Å²) in [7, 11) is 4.10. The summed E-state index contributed by atoms with van der Waals surface area (Å²) in [5.41, 5.74) is 0.958. The number of nitrogens with one attached hydrogen (secondary N) is 2. The monoisotopic (exact) mass is 385 g/mol. The molecule has 1 aromatic heterocycles. The van der Waals surface area contributed by atoms with Crippen LogP contribution >= 0.6 is 35.4 Å². The van der Waals surface area contributed by atoms with Crippen molar-refractivity contribution in [2.24, 2.45) is 0 Å². The predicted octanol–water partition coefficient (Wildman–Crippen LogP) is 3.48. The molecule has 0 atom stereocenters. The summed E-state index contributed by atoms with van der Waals surface area (Å²) in [4.78, 5) is 2.14. The molecule has 0 aliphatic heterocycles. The Morgan fingerprint density at radius 3 is 2.79 bits per heavy atom. The van der Waals surface area contributed by atoms with Gasteiger partial charge in [0.05, 0.1) is 6.54 Å². The minimum Gasteiger partial charge on any atom is -0.362 e. The van der Waals surface area contributed by atoms with Crippen molar-refractivity contribution in [3.63, 3.8) is 0 Å². The molecule has 2 N–H and O–H groups in total. The van der Waals surface area contributed by atoms with E-state index in [4.69, 9.17) is 35.4 Å². The third-order valence-corrected chi connectivity index (χ3v) is 4.13. The SMILES string of the molecule is CN(C)CCCNC(=S)Nc1ccn(Cc2ccc(Cl)cc2Cl)n1. The van der Waals surface area contributed by atoms with Gasteiger partial charge in [0.1, 0.15) is 0 Å². The highest BCUT2D eigenvalue weighted by Gasteiger charge is 2.05. The average molecular weight is 386 g/mol. The zero-order valence-electron chi connectivity index (χ0n) is 13.7. The van der Waals surface area contributed by atoms with Crippen molar-refractivity contribution in [1.82, 2.24) is 20.0 Å². The zero-order chi connectivity index (χ0) is 17.5. The van der Waals surface area contributed by atoms with Crippen LogP contribution in [0.25, 0.3) is 0 Å². The van der Waals surface area contributed by atoms with Crippen LogP contribution in [-0.2, 0) is 6.54 Å². The molecule has 1 aromatic carbocycles. The number of nitrogens with zero attached hydrogens (tertiary/aromatic N) is 3. The number of hydrogen-bond donors (Lipinski definition) is 2. The first kappa shape index (κ1) is 19.0. The molecule has 0 saturated heterocycles. The standard InChI is InChI=1S/C16H21Cl2N5S/c1-22(2)8-3-7-19-16(24)20-15-6-9-23(21-15)11-12-4-5-13(17)10-14(12)18/h4-6,9-10H,3,7-8,11H2,1-2H3,(H2,19,20,21,24). The van der Waals surface area contributed by atoms with E-state index < -0.39 is 0 Å². The fraction of sp³-hybridized carbons (Fsp3) is 0.375. The average Bonchev–Trinajstić information content (AvgIpc) is 2.93. The van der Waals surface area contributed by atoms with Crippen LogP contribution in [0.5, 0.6) is 0 Å². The van der Waals surface area contributed by atoms with E-state index in [9.17, 15) is 0 Å². The van der Waals surface area contributed by atoms with Crippen molar-refractivity contribution < 1.29 is 0 Å². The van der Waals surface area contributed by atoms with Gasteiger partial charge in [-0.05, 0) is 57.0 Å². The van der Waals surface area contributed by atoms with Crippen LogP contribution in [0.4, 0.5) is 5.82 Å². The molecule has 0 aliphatic rings. The van der Waals surface area contributed by atoms with E-state index in [2.05, 4.69) is 34.7 Å². The lowest BCUT2D eigenvalue weighted by atomic mass is 10.2. The number of anilines is 1. The summed E-state index contributed by atoms with van der Waals surface area (Å²) in [5, 5.41) is 12.5. The molecule has 0 bridgehead atoms. The number of aromatic nitrogens is 2. The van der Waals surface area contributed by atoms with E-state index in [1.807, 2.05) is 24.4 Å². The Balaban J connectivity index is 1.83. The van der Waals surface area contributed by atoms with Gasteiger partial charge in [0.15, 0.2) is 10.9 Å². The number of benzene rings is 1. The Morgan fingerprint density at radius 1 is 1.29 bits per heavy atom. The Labute approximate surface area is 157 Å². The van der Waals surface area contributed by atoms with E-state index in [0.29, 0.717) is 27.5 Å². The first-order chi connectivity index (χ1) is 11.4. The lowest BCUT2D eigenvalue weighted by Crippen LogP contribution is -2.31. The minimum atomic E-state index is 0.570. The minimum absolute atomic E-state index is 0.570. The van der Waals surface area contributed by atoms with E-state index in [1.165, 1.54) is 0 Å². The summed E-state index contributed by atoms with van der Waals surface area (Å²) in [5.74, 6) is 0.699. The second kappa shape index (κ2) is 9.22. The molecule has 1 heterocycles. The molecule has 130 valence electrons. The van der Waals surface area contributed by atoms with Gasteiger partial charge in [-0.25, -0.2) is 0 Å². The first-order valence-corrected chi connectivity index (χ1v) is 8.77. The van der Waals surface area contributed by atoms with Gasteiger partial charge in [-0.2, -0.15) is 5.10 Å². The van der Waals surface area contributed by atoms with Crippen molar-refractivity contribution in [1.29, 1.82) is 0 Å². The fourth-order valence-corrected chi connectivity index (χ4v) is 2.77. The molecule has 2 aromatic rings. The largest absolute Gasteiger partial charge is 0.362 e. The van der Waals surface area contributed by atoms with Gasteiger partial charge in [0, 0.05) is 28.9 Å². The molecule has 0 spiro atoms. The second-order valence-electron chi connectivity index (χ2n) is 5.67. The summed E-state index contributed by atoms with van der Waals surface area (Å²) in [6.45, 7) is 2.41. The van der Waals surface area contributed by atoms with E-state index in [1.54, 1.807) is 10.7 Å². The summed E-state index contributed by atoms with van der Waals surface area (Å²) < 4.78 is 1.80. The molecule has 0 saturated carbocycles. The van der Waals surface area contributed by atoms with E-state index >= 15 is 0 Å². The van der Waals surface area contributed by atoms with Gasteiger partial charge in [0.25, 0.3) is 0 Å². The van der Waals surface area contributed by atoms with Crippen molar-refractivity contribution in [2.45, 2.75) is 13.0 Å². The van der Waals surface area contributed by atoms with Crippen LogP contribution in [-0.4, -0.2) is 47.0 Å². The zero-order valence-corrected chi connectivity index (χ0v) is 16.0. The Kier molecular flexibility index (Phi) is 7.30. The van der Waals surface area contributed by atoms with Crippen LogP contribution in [0.2, 0.25) is 10.0 Å². The summed E-state index contributed by atoms with van der Waals surface area (Å²) in [6, 6.07) is 7.32. The smallest absolute Gasteiger partial charge is 0.171 e. The highest BCUT2D eigenvalue weighted by atomic mass is 35.5. The molecule has 0 fully saturated rings. The molecule has 8 heteroatoms. The lowest BCUT2D eigenvalue weighted by Gasteiger charge is -2.11. The Hall–Kier alpha value is -1.34. The van der Waals surface area contributed by atoms with Crippen LogP contribution in [0.1, 0.15) is 12.0 Å². The molecular weight excluding hydrogens is 365 g/mol. The normalized spacial score (nSPS) is 10.9. The summed E-state index contributed by atoms with van der Waals surface area (Å²) >= 11 is 17.4. The topological polar surface area (TPSA) is 45.1 Å². The highest BCUT2D eigenvalue weighted by Crippen LogP contribution is 2.21. The molecule has 0 aliphatic carbocycles. The number of rotatable bonds is 7. The molecule has 0 unspecified atom stereocenters.